The molecule has 0 amide bonds. The third-order valence-electron chi connectivity index (χ3n) is 2.55. The highest BCUT2D eigenvalue weighted by molar-refractivity contribution is 9.10. The quantitative estimate of drug-likeness (QED) is 0.866. The molecular weight excluding hydrogens is 303 g/mol. The van der Waals surface area contributed by atoms with Crippen LogP contribution in [0.4, 0.5) is 4.39 Å². The Kier molecular flexibility index (Phi) is 5.28. The molecule has 1 rings (SSSR count). The number of benzene rings is 1. The minimum Gasteiger partial charge on any atom is -0.464 e. The van der Waals surface area contributed by atoms with Gasteiger partial charge >= 0.3 is 5.97 Å². The maximum atomic E-state index is 13.9. The van der Waals surface area contributed by atoms with Crippen molar-refractivity contribution in [3.8, 4) is 0 Å². The Labute approximate surface area is 114 Å². The molecule has 5 heteroatoms. The standard InChI is InChI=1S/C13H16BrFO3/c1-4-18-13(17)12(16)9-5-8(7(2)3)6-10(14)11(9)15/h5-7,12,16H,4H2,1-3H3. The van der Waals surface area contributed by atoms with E-state index in [1.807, 2.05) is 13.8 Å². The van der Waals surface area contributed by atoms with Gasteiger partial charge in [0, 0.05) is 5.56 Å². The smallest absolute Gasteiger partial charge is 0.339 e. The molecule has 18 heavy (non-hydrogen) atoms. The lowest BCUT2D eigenvalue weighted by Gasteiger charge is -2.15. The summed E-state index contributed by atoms with van der Waals surface area (Å²) in [6, 6.07) is 3.13. The van der Waals surface area contributed by atoms with E-state index < -0.39 is 17.9 Å². The molecule has 0 heterocycles. The second-order valence-electron chi connectivity index (χ2n) is 4.22. The zero-order valence-electron chi connectivity index (χ0n) is 10.5. The molecule has 1 unspecified atom stereocenters. The molecule has 0 saturated heterocycles. The van der Waals surface area contributed by atoms with Crippen LogP contribution in [-0.4, -0.2) is 17.7 Å². The number of aliphatic hydroxyl groups is 1. The summed E-state index contributed by atoms with van der Waals surface area (Å²) in [6.07, 6.45) is -1.60. The van der Waals surface area contributed by atoms with E-state index in [0.29, 0.717) is 0 Å². The van der Waals surface area contributed by atoms with E-state index in [9.17, 15) is 14.3 Å². The first-order valence-corrected chi connectivity index (χ1v) is 6.51. The summed E-state index contributed by atoms with van der Waals surface area (Å²) in [4.78, 5) is 11.4. The number of aliphatic hydroxyl groups excluding tert-OH is 1. The van der Waals surface area contributed by atoms with Gasteiger partial charge in [0.2, 0.25) is 0 Å². The Bertz CT molecular complexity index is 446. The van der Waals surface area contributed by atoms with Crippen molar-refractivity contribution in [2.24, 2.45) is 0 Å². The molecule has 0 aromatic heterocycles. The Morgan fingerprint density at radius 1 is 1.50 bits per heavy atom. The summed E-state index contributed by atoms with van der Waals surface area (Å²) in [5.41, 5.74) is 0.771. The van der Waals surface area contributed by atoms with Gasteiger partial charge in [-0.2, -0.15) is 0 Å². The maximum Gasteiger partial charge on any atom is 0.339 e. The van der Waals surface area contributed by atoms with Crippen molar-refractivity contribution in [1.82, 2.24) is 0 Å². The highest BCUT2D eigenvalue weighted by atomic mass is 79.9. The van der Waals surface area contributed by atoms with Crippen LogP contribution in [-0.2, 0) is 9.53 Å². The van der Waals surface area contributed by atoms with Crippen molar-refractivity contribution >= 4 is 21.9 Å². The van der Waals surface area contributed by atoms with Gasteiger partial charge in [0.1, 0.15) is 5.82 Å². The van der Waals surface area contributed by atoms with Gasteiger partial charge in [0.05, 0.1) is 11.1 Å². The molecule has 0 radical (unpaired) electrons. The zero-order valence-corrected chi connectivity index (χ0v) is 12.1. The highest BCUT2D eigenvalue weighted by Gasteiger charge is 2.24. The van der Waals surface area contributed by atoms with Gasteiger partial charge in [0.25, 0.3) is 0 Å². The number of carbonyl (C=O) groups excluding carboxylic acids is 1. The van der Waals surface area contributed by atoms with Crippen LogP contribution >= 0.6 is 15.9 Å². The van der Waals surface area contributed by atoms with Crippen LogP contribution in [0.2, 0.25) is 0 Å². The minimum atomic E-state index is -1.60. The van der Waals surface area contributed by atoms with E-state index >= 15 is 0 Å². The molecule has 1 N–H and O–H groups in total. The maximum absolute atomic E-state index is 13.9. The molecule has 0 aliphatic heterocycles. The van der Waals surface area contributed by atoms with Crippen LogP contribution in [0.1, 0.15) is 43.9 Å². The average molecular weight is 319 g/mol. The van der Waals surface area contributed by atoms with Gasteiger partial charge in [-0.15, -0.1) is 0 Å². The van der Waals surface area contributed by atoms with Crippen LogP contribution in [0.3, 0.4) is 0 Å². The third kappa shape index (κ3) is 3.29. The predicted molar refractivity (Wildman–Crippen MR) is 69.8 cm³/mol. The number of carbonyl (C=O) groups is 1. The van der Waals surface area contributed by atoms with Crippen molar-refractivity contribution in [3.05, 3.63) is 33.5 Å². The van der Waals surface area contributed by atoms with Crippen molar-refractivity contribution in [1.29, 1.82) is 0 Å². The summed E-state index contributed by atoms with van der Waals surface area (Å²) in [5.74, 6) is -1.32. The molecule has 0 spiro atoms. The van der Waals surface area contributed by atoms with Gasteiger partial charge < -0.3 is 9.84 Å². The summed E-state index contributed by atoms with van der Waals surface area (Å²) < 4.78 is 18.8. The lowest BCUT2D eigenvalue weighted by Crippen LogP contribution is -2.17. The fourth-order valence-electron chi connectivity index (χ4n) is 1.51. The van der Waals surface area contributed by atoms with E-state index in [2.05, 4.69) is 20.7 Å². The lowest BCUT2D eigenvalue weighted by atomic mass is 9.98. The molecular formula is C13H16BrFO3. The minimum absolute atomic E-state index is 0.0634. The second-order valence-corrected chi connectivity index (χ2v) is 5.07. The van der Waals surface area contributed by atoms with E-state index in [-0.39, 0.29) is 22.6 Å². The highest BCUT2D eigenvalue weighted by Crippen LogP contribution is 2.29. The van der Waals surface area contributed by atoms with E-state index in [0.717, 1.165) is 5.56 Å². The summed E-state index contributed by atoms with van der Waals surface area (Å²) >= 11 is 3.08. The van der Waals surface area contributed by atoms with Crippen LogP contribution in [0, 0.1) is 5.82 Å². The molecule has 1 atom stereocenters. The SMILES string of the molecule is CCOC(=O)C(O)c1cc(C(C)C)cc(Br)c1F. The van der Waals surface area contributed by atoms with Gasteiger partial charge in [-0.1, -0.05) is 13.8 Å². The third-order valence-corrected chi connectivity index (χ3v) is 3.13. The molecule has 100 valence electrons. The van der Waals surface area contributed by atoms with E-state index in [1.54, 1.807) is 13.0 Å². The van der Waals surface area contributed by atoms with Crippen LogP contribution < -0.4 is 0 Å². The number of halogens is 2. The molecule has 1 aromatic carbocycles. The van der Waals surface area contributed by atoms with Crippen molar-refractivity contribution < 1.29 is 19.0 Å². The van der Waals surface area contributed by atoms with Gasteiger partial charge in [-0.25, -0.2) is 9.18 Å². The predicted octanol–water partition coefficient (Wildman–Crippen LogP) is 3.31. The van der Waals surface area contributed by atoms with Crippen LogP contribution in [0.15, 0.2) is 16.6 Å². The molecule has 0 aliphatic rings. The average Bonchev–Trinajstić information content (AvgIpc) is 2.31. The second kappa shape index (κ2) is 6.29. The normalized spacial score (nSPS) is 12.6. The van der Waals surface area contributed by atoms with Crippen molar-refractivity contribution in [3.63, 3.8) is 0 Å². The fourth-order valence-corrected chi connectivity index (χ4v) is 2.01. The molecule has 0 bridgehead atoms. The van der Waals surface area contributed by atoms with Crippen molar-refractivity contribution in [2.45, 2.75) is 32.8 Å². The van der Waals surface area contributed by atoms with Gasteiger partial charge in [0.15, 0.2) is 6.10 Å². The Hall–Kier alpha value is -0.940. The Morgan fingerprint density at radius 2 is 2.11 bits per heavy atom. The summed E-state index contributed by atoms with van der Waals surface area (Å²) in [5, 5.41) is 9.80. The van der Waals surface area contributed by atoms with Crippen molar-refractivity contribution in [2.75, 3.05) is 6.61 Å². The lowest BCUT2D eigenvalue weighted by molar-refractivity contribution is -0.153. The first-order valence-electron chi connectivity index (χ1n) is 5.72. The monoisotopic (exact) mass is 318 g/mol. The molecule has 1 aromatic rings. The zero-order chi connectivity index (χ0) is 13.9. The molecule has 3 nitrogen and oxygen atoms in total. The first-order chi connectivity index (χ1) is 8.38. The fraction of sp³-hybridized carbons (Fsp3) is 0.462. The Morgan fingerprint density at radius 3 is 2.61 bits per heavy atom. The Balaban J connectivity index is 3.18. The number of esters is 1. The number of rotatable bonds is 4. The molecule has 0 fully saturated rings. The molecule has 0 saturated carbocycles. The number of hydrogen-bond donors (Lipinski definition) is 1. The van der Waals surface area contributed by atoms with E-state index in [1.165, 1.54) is 6.07 Å². The van der Waals surface area contributed by atoms with Gasteiger partial charge in [-0.3, -0.25) is 0 Å². The molecule has 0 aliphatic carbocycles. The topological polar surface area (TPSA) is 46.5 Å². The van der Waals surface area contributed by atoms with Gasteiger partial charge in [-0.05, 0) is 46.5 Å². The van der Waals surface area contributed by atoms with Crippen LogP contribution in [0.5, 0.6) is 0 Å². The number of hydrogen-bond acceptors (Lipinski definition) is 3. The number of ether oxygens (including phenoxy) is 1. The largest absolute Gasteiger partial charge is 0.464 e. The van der Waals surface area contributed by atoms with E-state index in [4.69, 9.17) is 0 Å². The summed E-state index contributed by atoms with van der Waals surface area (Å²) in [7, 11) is 0. The van der Waals surface area contributed by atoms with Crippen LogP contribution in [0.25, 0.3) is 0 Å². The summed E-state index contributed by atoms with van der Waals surface area (Å²) in [6.45, 7) is 5.66. The first kappa shape index (κ1) is 15.1.